The van der Waals surface area contributed by atoms with E-state index in [1.807, 2.05) is 67.5 Å². The third-order valence-electron chi connectivity index (χ3n) is 14.2. The first kappa shape index (κ1) is 71.9. The van der Waals surface area contributed by atoms with Crippen molar-refractivity contribution in [1.82, 2.24) is 57.2 Å². The summed E-state index contributed by atoms with van der Waals surface area (Å²) in [6.07, 6.45) is 6.88. The summed E-state index contributed by atoms with van der Waals surface area (Å²) >= 11 is 0. The molecule has 2 rings (SSSR count). The topological polar surface area (TPSA) is 277 Å². The molecule has 1 aromatic rings. The molecule has 0 unspecified atom stereocenters. The Morgan fingerprint density at radius 3 is 1.63 bits per heavy atom. The summed E-state index contributed by atoms with van der Waals surface area (Å²) in [6.45, 7) is 24.9. The van der Waals surface area contributed by atoms with Gasteiger partial charge in [-0.3, -0.25) is 47.9 Å². The van der Waals surface area contributed by atoms with Crippen molar-refractivity contribution in [2.24, 2.45) is 17.8 Å². The number of rotatable bonds is 36. The van der Waals surface area contributed by atoms with Crippen LogP contribution >= 0.6 is 0 Å². The van der Waals surface area contributed by atoms with Crippen molar-refractivity contribution in [3.8, 4) is 0 Å². The molecule has 82 heavy (non-hydrogen) atoms. The summed E-state index contributed by atoms with van der Waals surface area (Å²) in [5, 5.41) is 22.2. The Morgan fingerprint density at radius 1 is 0.634 bits per heavy atom. The number of amides is 10. The minimum absolute atomic E-state index is 0.0227. The molecule has 21 nitrogen and oxygen atoms in total. The van der Waals surface area contributed by atoms with E-state index < -0.39 is 100 Å². The SMILES string of the molecule is CCCCCCCC[C@@H](C(=O)N[C@@H](CC(C)C)C(=O)NC(C)(C)C(=O)N[C@@H](CC(C)C)C(=O)N[C@@H](CC(C)C)C(=O)NC(C)(C)C(=O)NC(C)(C)C(=O)NCCC(=O)N[C@@H](C)CN(C)C)N(C=O)[C@@H]1CCCN1C(=O)c1ccc(F)cc1. The number of carbonyl (C=O) groups is 10. The van der Waals surface area contributed by atoms with Gasteiger partial charge in [-0.05, 0) is 143 Å². The minimum Gasteiger partial charge on any atom is -0.354 e. The second kappa shape index (κ2) is 33.8. The Balaban J connectivity index is 2.30. The largest absolute Gasteiger partial charge is 0.354 e. The number of nitrogens with zero attached hydrogens (tertiary/aromatic N) is 3. The van der Waals surface area contributed by atoms with Gasteiger partial charge in [0.15, 0.2) is 0 Å². The van der Waals surface area contributed by atoms with Gasteiger partial charge in [0.05, 0.1) is 0 Å². The molecule has 0 bridgehead atoms. The molecule has 1 aliphatic rings. The molecule has 6 atom stereocenters. The molecule has 0 spiro atoms. The van der Waals surface area contributed by atoms with Gasteiger partial charge < -0.3 is 57.2 Å². The summed E-state index contributed by atoms with van der Waals surface area (Å²) in [6, 6.07) is 0.427. The highest BCUT2D eigenvalue weighted by Gasteiger charge is 2.42. The van der Waals surface area contributed by atoms with E-state index in [0.717, 1.165) is 32.1 Å². The van der Waals surface area contributed by atoms with Gasteiger partial charge in [0.2, 0.25) is 53.7 Å². The molecular formula is C60H102FN11O10. The van der Waals surface area contributed by atoms with Crippen molar-refractivity contribution in [2.75, 3.05) is 33.7 Å². The maximum atomic E-state index is 14.6. The second-order valence-electron chi connectivity index (χ2n) is 25.3. The quantitative estimate of drug-likeness (QED) is 0.0333. The number of benzene rings is 1. The van der Waals surface area contributed by atoms with Gasteiger partial charge in [-0.15, -0.1) is 0 Å². The lowest BCUT2D eigenvalue weighted by molar-refractivity contribution is -0.140. The number of hydrogen-bond acceptors (Lipinski definition) is 11. The Kier molecular flexibility index (Phi) is 29.6. The van der Waals surface area contributed by atoms with E-state index in [2.05, 4.69) is 49.5 Å². The highest BCUT2D eigenvalue weighted by atomic mass is 19.1. The van der Waals surface area contributed by atoms with Crippen LogP contribution in [0, 0.1) is 23.6 Å². The summed E-state index contributed by atoms with van der Waals surface area (Å²) < 4.78 is 13.8. The van der Waals surface area contributed by atoms with E-state index in [4.69, 9.17) is 0 Å². The van der Waals surface area contributed by atoms with Crippen LogP contribution in [-0.4, -0.2) is 161 Å². The Hall–Kier alpha value is -6.19. The maximum Gasteiger partial charge on any atom is 0.255 e. The van der Waals surface area contributed by atoms with Crippen LogP contribution in [0.2, 0.25) is 0 Å². The lowest BCUT2D eigenvalue weighted by atomic mass is 9.96. The van der Waals surface area contributed by atoms with Crippen molar-refractivity contribution in [1.29, 1.82) is 0 Å². The molecule has 10 amide bonds. The molecule has 1 heterocycles. The number of hydrogen-bond donors (Lipinski definition) is 8. The van der Waals surface area contributed by atoms with Crippen molar-refractivity contribution in [2.45, 2.75) is 233 Å². The molecule has 464 valence electrons. The van der Waals surface area contributed by atoms with Crippen molar-refractivity contribution < 1.29 is 52.3 Å². The summed E-state index contributed by atoms with van der Waals surface area (Å²) in [7, 11) is 3.79. The van der Waals surface area contributed by atoms with E-state index in [-0.39, 0.29) is 73.9 Å². The van der Waals surface area contributed by atoms with Gasteiger partial charge in [-0.2, -0.15) is 0 Å². The van der Waals surface area contributed by atoms with Crippen molar-refractivity contribution in [3.05, 3.63) is 35.6 Å². The predicted molar refractivity (Wildman–Crippen MR) is 315 cm³/mol. The van der Waals surface area contributed by atoms with Crippen LogP contribution in [0.1, 0.15) is 191 Å². The zero-order chi connectivity index (χ0) is 62.3. The van der Waals surface area contributed by atoms with Crippen LogP contribution in [-0.2, 0) is 43.2 Å². The smallest absolute Gasteiger partial charge is 0.255 e. The fourth-order valence-electron chi connectivity index (χ4n) is 9.78. The lowest BCUT2D eigenvalue weighted by Gasteiger charge is -2.38. The Morgan fingerprint density at radius 2 is 1.12 bits per heavy atom. The first-order valence-electron chi connectivity index (χ1n) is 29.6. The molecule has 0 aromatic heterocycles. The maximum absolute atomic E-state index is 14.6. The first-order chi connectivity index (χ1) is 38.1. The van der Waals surface area contributed by atoms with Crippen LogP contribution in [0.25, 0.3) is 0 Å². The number of unbranched alkanes of at least 4 members (excludes halogenated alkanes) is 5. The van der Waals surface area contributed by atoms with E-state index in [1.165, 1.54) is 75.6 Å². The number of nitrogens with one attached hydrogen (secondary N) is 8. The molecule has 22 heteroatoms. The van der Waals surface area contributed by atoms with Gasteiger partial charge in [0, 0.05) is 37.7 Å². The molecule has 1 saturated heterocycles. The van der Waals surface area contributed by atoms with Gasteiger partial charge >= 0.3 is 0 Å². The van der Waals surface area contributed by atoms with E-state index in [1.54, 1.807) is 0 Å². The van der Waals surface area contributed by atoms with Crippen LogP contribution in [0.5, 0.6) is 0 Å². The van der Waals surface area contributed by atoms with Crippen molar-refractivity contribution in [3.63, 3.8) is 0 Å². The monoisotopic (exact) mass is 1160 g/mol. The highest BCUT2D eigenvalue weighted by molar-refractivity contribution is 6.00. The normalized spacial score (nSPS) is 15.7. The standard InChI is InChI=1S/C60H102FN11O10/c1-17-18-19-20-21-22-24-47(72(37-73)49-25-23-32-71(49)54(79)42-26-28-43(61)29-27-42)53(78)65-46(35-40(6)7)52(77)67-59(11,12)56(81)66-44(33-38(2)3)50(75)64-45(34-39(4)5)51(76)68-60(13,14)57(82)69-58(9,10)55(80)62-31-30-48(74)63-41(8)36-70(15)16/h26-29,37-41,44-47,49H,17-25,30-36H2,1-16H3,(H,62,80)(H,63,74)(H,64,75)(H,65,78)(H,66,81)(H,67,77)(H,68,76)(H,69,82)/t41-,44-,45-,46-,47-,49+/m0/s1. The molecule has 0 saturated carbocycles. The van der Waals surface area contributed by atoms with Crippen molar-refractivity contribution >= 4 is 59.6 Å². The van der Waals surface area contributed by atoms with E-state index in [0.29, 0.717) is 38.8 Å². The Bertz CT molecular complexity index is 2290. The van der Waals surface area contributed by atoms with E-state index in [9.17, 15) is 52.3 Å². The molecule has 1 fully saturated rings. The molecule has 1 aromatic carbocycles. The second-order valence-corrected chi connectivity index (χ2v) is 25.3. The number of likely N-dealkylation sites (N-methyl/N-ethyl adjacent to an activating group) is 1. The third kappa shape index (κ3) is 24.3. The molecule has 0 aliphatic carbocycles. The van der Waals surface area contributed by atoms with Gasteiger partial charge in [-0.25, -0.2) is 4.39 Å². The first-order valence-corrected chi connectivity index (χ1v) is 29.6. The summed E-state index contributed by atoms with van der Waals surface area (Å²) in [5.74, 6) is -6.19. The number of carbonyl (C=O) groups excluding carboxylic acids is 10. The average Bonchev–Trinajstić information content (AvgIpc) is 4.03. The van der Waals surface area contributed by atoms with E-state index >= 15 is 0 Å². The molecule has 1 aliphatic heterocycles. The zero-order valence-electron chi connectivity index (χ0n) is 52.2. The summed E-state index contributed by atoms with van der Waals surface area (Å²) in [4.78, 5) is 143. The molecule has 0 radical (unpaired) electrons. The molecule has 8 N–H and O–H groups in total. The van der Waals surface area contributed by atoms with Crippen LogP contribution in [0.15, 0.2) is 24.3 Å². The zero-order valence-corrected chi connectivity index (χ0v) is 52.2. The average molecular weight is 1160 g/mol. The third-order valence-corrected chi connectivity index (χ3v) is 14.2. The number of halogens is 1. The molecular weight excluding hydrogens is 1050 g/mol. The van der Waals surface area contributed by atoms with Gasteiger partial charge in [-0.1, -0.05) is 87.0 Å². The lowest BCUT2D eigenvalue weighted by Crippen LogP contribution is -2.65. The van der Waals surface area contributed by atoms with Crippen LogP contribution in [0.4, 0.5) is 4.39 Å². The van der Waals surface area contributed by atoms with Gasteiger partial charge in [0.1, 0.15) is 52.8 Å². The van der Waals surface area contributed by atoms with Crippen LogP contribution in [0.3, 0.4) is 0 Å². The minimum atomic E-state index is -1.67. The van der Waals surface area contributed by atoms with Crippen LogP contribution < -0.4 is 42.5 Å². The highest BCUT2D eigenvalue weighted by Crippen LogP contribution is 2.27. The Labute approximate surface area is 488 Å². The van der Waals surface area contributed by atoms with Gasteiger partial charge in [0.25, 0.3) is 5.91 Å². The fourth-order valence-corrected chi connectivity index (χ4v) is 9.78. The fraction of sp³-hybridized carbons (Fsp3) is 0.733. The predicted octanol–water partition coefficient (Wildman–Crippen LogP) is 4.82. The number of likely N-dealkylation sites (tertiary alicyclic amines) is 1. The summed E-state index contributed by atoms with van der Waals surface area (Å²) in [5.41, 5.74) is -4.48.